The van der Waals surface area contributed by atoms with E-state index in [1.54, 1.807) is 0 Å². The van der Waals surface area contributed by atoms with Crippen LogP contribution < -0.4 is 5.32 Å². The summed E-state index contributed by atoms with van der Waals surface area (Å²) in [6, 6.07) is -1.26. The Labute approximate surface area is 130 Å². The van der Waals surface area contributed by atoms with Crippen LogP contribution in [-0.2, 0) is 14.3 Å². The van der Waals surface area contributed by atoms with Crippen LogP contribution in [0.1, 0.15) is 6.92 Å². The third kappa shape index (κ3) is 4.31. The molecule has 22 heavy (non-hydrogen) atoms. The summed E-state index contributed by atoms with van der Waals surface area (Å²) >= 11 is 5.60. The molecule has 6 atom stereocenters. The first-order valence-corrected chi connectivity index (χ1v) is 6.84. The number of carbonyl (C=O) groups excluding carboxylic acids is 1. The van der Waals surface area contributed by atoms with Crippen molar-refractivity contribution in [3.63, 3.8) is 0 Å². The first-order valence-electron chi connectivity index (χ1n) is 6.40. The van der Waals surface area contributed by atoms with Gasteiger partial charge >= 0.3 is 5.97 Å². The number of amides is 1. The molecule has 0 radical (unpaired) electrons. The molecule has 0 aliphatic carbocycles. The summed E-state index contributed by atoms with van der Waals surface area (Å²) in [5.74, 6) is -2.83. The van der Waals surface area contributed by atoms with Gasteiger partial charge in [-0.2, -0.15) is 0 Å². The molecule has 126 valence electrons. The van der Waals surface area contributed by atoms with Gasteiger partial charge in [0.05, 0.1) is 12.6 Å². The highest BCUT2D eigenvalue weighted by Gasteiger charge is 2.43. The number of halogens is 1. The van der Waals surface area contributed by atoms with Crippen LogP contribution in [0.2, 0.25) is 0 Å². The smallest absolute Gasteiger partial charge is 0.370 e. The Bertz CT molecular complexity index is 454. The van der Waals surface area contributed by atoms with Gasteiger partial charge in [-0.15, -0.1) is 11.6 Å². The SMILES string of the molecule is CC(Cl)C(=O)N[C@@H]1C(O)C=C(C(=O)O)O[C@H]1[C@H](O)[C@H](O)CO. The van der Waals surface area contributed by atoms with Gasteiger partial charge in [-0.3, -0.25) is 4.79 Å². The standard InChI is InChI=1S/C12H18ClNO8/c1-4(13)11(19)14-8-5(16)2-7(12(20)21)22-10(8)9(18)6(17)3-15/h2,4-6,8-10,15-18H,3H2,1H3,(H,14,19)(H,20,21)/t4?,5?,6-,8-,9-,10-/m1/s1. The monoisotopic (exact) mass is 339 g/mol. The molecule has 0 aromatic rings. The molecule has 0 saturated heterocycles. The lowest BCUT2D eigenvalue weighted by Gasteiger charge is -2.38. The fourth-order valence-electron chi connectivity index (χ4n) is 1.89. The van der Waals surface area contributed by atoms with Gasteiger partial charge in [-0.05, 0) is 13.0 Å². The number of aliphatic hydroxyl groups is 4. The van der Waals surface area contributed by atoms with E-state index in [-0.39, 0.29) is 0 Å². The van der Waals surface area contributed by atoms with Gasteiger partial charge in [0.15, 0.2) is 6.10 Å². The maximum Gasteiger partial charge on any atom is 0.370 e. The molecule has 6 N–H and O–H groups in total. The predicted molar refractivity (Wildman–Crippen MR) is 72.9 cm³/mol. The van der Waals surface area contributed by atoms with Crippen LogP contribution in [-0.4, -0.2) is 79.9 Å². The molecular weight excluding hydrogens is 322 g/mol. The van der Waals surface area contributed by atoms with Gasteiger partial charge in [-0.25, -0.2) is 4.79 Å². The Balaban J connectivity index is 3.06. The van der Waals surface area contributed by atoms with E-state index in [1.165, 1.54) is 6.92 Å². The number of alkyl halides is 1. The van der Waals surface area contributed by atoms with Gasteiger partial charge in [0.1, 0.15) is 23.7 Å². The summed E-state index contributed by atoms with van der Waals surface area (Å²) in [5, 5.41) is 48.5. The Morgan fingerprint density at radius 1 is 1.45 bits per heavy atom. The number of rotatable bonds is 6. The Hall–Kier alpha value is -1.39. The van der Waals surface area contributed by atoms with Gasteiger partial charge in [0.25, 0.3) is 0 Å². The molecule has 0 saturated carbocycles. The summed E-state index contributed by atoms with van der Waals surface area (Å²) in [5.41, 5.74) is 0. The van der Waals surface area contributed by atoms with Gasteiger partial charge in [0, 0.05) is 0 Å². The van der Waals surface area contributed by atoms with E-state index < -0.39 is 60.1 Å². The first kappa shape index (κ1) is 18.7. The van der Waals surface area contributed by atoms with E-state index in [2.05, 4.69) is 5.32 Å². The van der Waals surface area contributed by atoms with Crippen LogP contribution in [0.15, 0.2) is 11.8 Å². The van der Waals surface area contributed by atoms with E-state index in [9.17, 15) is 24.9 Å². The lowest BCUT2D eigenvalue weighted by Crippen LogP contribution is -2.60. The topological polar surface area (TPSA) is 157 Å². The first-order chi connectivity index (χ1) is 10.2. The maximum absolute atomic E-state index is 11.6. The zero-order chi connectivity index (χ0) is 17.0. The lowest BCUT2D eigenvalue weighted by atomic mass is 9.93. The van der Waals surface area contributed by atoms with Crippen molar-refractivity contribution in [3.05, 3.63) is 11.8 Å². The number of carboxylic acid groups (broad SMARTS) is 1. The number of carboxylic acids is 1. The molecule has 0 spiro atoms. The minimum Gasteiger partial charge on any atom is -0.478 e. The highest BCUT2D eigenvalue weighted by Crippen LogP contribution is 2.23. The van der Waals surface area contributed by atoms with E-state index in [4.69, 9.17) is 26.6 Å². The number of carbonyl (C=O) groups is 2. The third-order valence-corrected chi connectivity index (χ3v) is 3.30. The molecule has 1 heterocycles. The van der Waals surface area contributed by atoms with E-state index >= 15 is 0 Å². The summed E-state index contributed by atoms with van der Waals surface area (Å²) in [6.45, 7) is 0.551. The number of hydrogen-bond donors (Lipinski definition) is 6. The van der Waals surface area contributed by atoms with Gasteiger partial charge in [0.2, 0.25) is 11.7 Å². The average Bonchev–Trinajstić information content (AvgIpc) is 2.46. The Morgan fingerprint density at radius 3 is 2.50 bits per heavy atom. The number of aliphatic hydroxyl groups excluding tert-OH is 4. The molecule has 0 aromatic heterocycles. The fraction of sp³-hybridized carbons (Fsp3) is 0.667. The summed E-state index contributed by atoms with van der Waals surface area (Å²) in [6.07, 6.45) is -5.55. The largest absolute Gasteiger partial charge is 0.478 e. The normalized spacial score (nSPS) is 28.8. The molecule has 1 aliphatic heterocycles. The van der Waals surface area contributed by atoms with Crippen LogP contribution in [0.5, 0.6) is 0 Å². The summed E-state index contributed by atoms with van der Waals surface area (Å²) in [4.78, 5) is 22.6. The number of aliphatic carboxylic acids is 1. The van der Waals surface area contributed by atoms with Crippen molar-refractivity contribution in [3.8, 4) is 0 Å². The molecular formula is C12H18ClNO8. The van der Waals surface area contributed by atoms with E-state index in [0.717, 1.165) is 6.08 Å². The molecule has 9 nitrogen and oxygen atoms in total. The average molecular weight is 340 g/mol. The summed E-state index contributed by atoms with van der Waals surface area (Å²) in [7, 11) is 0. The second-order valence-electron chi connectivity index (χ2n) is 4.80. The van der Waals surface area contributed by atoms with Crippen LogP contribution in [0.4, 0.5) is 0 Å². The third-order valence-electron chi connectivity index (χ3n) is 3.11. The highest BCUT2D eigenvalue weighted by molar-refractivity contribution is 6.30. The van der Waals surface area contributed by atoms with Crippen molar-refractivity contribution >= 4 is 23.5 Å². The molecule has 0 bridgehead atoms. The highest BCUT2D eigenvalue weighted by atomic mass is 35.5. The maximum atomic E-state index is 11.6. The number of nitrogens with one attached hydrogen (secondary N) is 1. The van der Waals surface area contributed by atoms with Crippen LogP contribution in [0, 0.1) is 0 Å². The van der Waals surface area contributed by atoms with E-state index in [0.29, 0.717) is 0 Å². The minimum absolute atomic E-state index is 0.647. The molecule has 0 aromatic carbocycles. The molecule has 0 fully saturated rings. The van der Waals surface area contributed by atoms with E-state index in [1.807, 2.05) is 0 Å². The lowest BCUT2D eigenvalue weighted by molar-refractivity contribution is -0.149. The van der Waals surface area contributed by atoms with Crippen molar-refractivity contribution in [2.45, 2.75) is 42.8 Å². The van der Waals surface area contributed by atoms with Crippen LogP contribution in [0.3, 0.4) is 0 Å². The van der Waals surface area contributed by atoms with Gasteiger partial charge < -0.3 is 35.6 Å². The van der Waals surface area contributed by atoms with Crippen LogP contribution in [0.25, 0.3) is 0 Å². The molecule has 10 heteroatoms. The fourth-order valence-corrected chi connectivity index (χ4v) is 1.95. The van der Waals surface area contributed by atoms with Crippen molar-refractivity contribution in [1.82, 2.24) is 5.32 Å². The summed E-state index contributed by atoms with van der Waals surface area (Å²) < 4.78 is 5.02. The number of ether oxygens (including phenoxy) is 1. The minimum atomic E-state index is -1.75. The van der Waals surface area contributed by atoms with Crippen molar-refractivity contribution in [2.75, 3.05) is 6.61 Å². The molecule has 1 aliphatic rings. The van der Waals surface area contributed by atoms with Crippen molar-refractivity contribution in [2.24, 2.45) is 0 Å². The van der Waals surface area contributed by atoms with Gasteiger partial charge in [-0.1, -0.05) is 0 Å². The zero-order valence-electron chi connectivity index (χ0n) is 11.6. The Kier molecular flexibility index (Phi) is 6.57. The second kappa shape index (κ2) is 7.75. The molecule has 2 unspecified atom stereocenters. The predicted octanol–water partition coefficient (Wildman–Crippen LogP) is -2.46. The van der Waals surface area contributed by atoms with Crippen molar-refractivity contribution in [1.29, 1.82) is 0 Å². The molecule has 1 amide bonds. The Morgan fingerprint density at radius 2 is 2.05 bits per heavy atom. The zero-order valence-corrected chi connectivity index (χ0v) is 12.3. The number of hydrogen-bond acceptors (Lipinski definition) is 7. The second-order valence-corrected chi connectivity index (χ2v) is 5.45. The van der Waals surface area contributed by atoms with Crippen molar-refractivity contribution < 1.29 is 39.9 Å². The quantitative estimate of drug-likeness (QED) is 0.291. The molecule has 1 rings (SSSR count). The van der Waals surface area contributed by atoms with Crippen LogP contribution >= 0.6 is 11.6 Å².